The van der Waals surface area contributed by atoms with Gasteiger partial charge in [-0.3, -0.25) is 14.5 Å². The highest BCUT2D eigenvalue weighted by atomic mass is 19.1. The molecule has 0 bridgehead atoms. The lowest BCUT2D eigenvalue weighted by molar-refractivity contribution is -0.145. The van der Waals surface area contributed by atoms with Crippen molar-refractivity contribution < 1.29 is 14.0 Å². The van der Waals surface area contributed by atoms with Crippen LogP contribution in [0.25, 0.3) is 0 Å². The summed E-state index contributed by atoms with van der Waals surface area (Å²) in [6.07, 6.45) is 1.55. The van der Waals surface area contributed by atoms with E-state index >= 15 is 0 Å². The van der Waals surface area contributed by atoms with Crippen LogP contribution in [0.1, 0.15) is 26.7 Å². The van der Waals surface area contributed by atoms with E-state index in [1.165, 1.54) is 17.0 Å². The number of hydrogen-bond donors (Lipinski definition) is 0. The Morgan fingerprint density at radius 2 is 2.00 bits per heavy atom. The minimum Gasteiger partial charge on any atom is -0.329 e. The maximum Gasteiger partial charge on any atom is 0.250 e. The van der Waals surface area contributed by atoms with Gasteiger partial charge < -0.3 is 4.90 Å². The summed E-state index contributed by atoms with van der Waals surface area (Å²) in [5.41, 5.74) is 0.471. The van der Waals surface area contributed by atoms with E-state index in [-0.39, 0.29) is 23.8 Å². The molecular weight excluding hydrogens is 271 g/mol. The van der Waals surface area contributed by atoms with Crippen LogP contribution in [-0.4, -0.2) is 35.3 Å². The van der Waals surface area contributed by atoms with Crippen molar-refractivity contribution in [2.75, 3.05) is 11.4 Å². The van der Waals surface area contributed by atoms with E-state index in [2.05, 4.69) is 0 Å². The van der Waals surface area contributed by atoms with Crippen LogP contribution in [0.4, 0.5) is 10.1 Å². The smallest absolute Gasteiger partial charge is 0.250 e. The molecule has 1 aromatic rings. The second kappa shape index (κ2) is 5.13. The number of rotatable bonds is 2. The Bertz CT molecular complexity index is 587. The first-order valence-corrected chi connectivity index (χ1v) is 7.40. The molecular formula is C16H19FN2O2. The summed E-state index contributed by atoms with van der Waals surface area (Å²) in [4.78, 5) is 28.7. The normalized spacial score (nSPS) is 25.7. The summed E-state index contributed by atoms with van der Waals surface area (Å²) < 4.78 is 13.5. The number of piperazine rings is 1. The lowest BCUT2D eigenvalue weighted by Gasteiger charge is -2.43. The molecule has 1 aromatic carbocycles. The molecule has 0 radical (unpaired) electrons. The van der Waals surface area contributed by atoms with Crippen molar-refractivity contribution in [3.8, 4) is 0 Å². The minimum atomic E-state index is -0.548. The number of anilines is 1. The average Bonchev–Trinajstić information content (AvgIpc) is 2.92. The molecule has 0 aliphatic carbocycles. The van der Waals surface area contributed by atoms with Gasteiger partial charge in [0, 0.05) is 12.2 Å². The molecule has 0 aromatic heterocycles. The van der Waals surface area contributed by atoms with Crippen LogP contribution < -0.4 is 4.90 Å². The van der Waals surface area contributed by atoms with Gasteiger partial charge in [0.05, 0.1) is 0 Å². The van der Waals surface area contributed by atoms with Gasteiger partial charge in [0.15, 0.2) is 0 Å². The zero-order valence-electron chi connectivity index (χ0n) is 12.3. The van der Waals surface area contributed by atoms with Crippen molar-refractivity contribution in [3.63, 3.8) is 0 Å². The Labute approximate surface area is 123 Å². The van der Waals surface area contributed by atoms with Crippen LogP contribution in [0.15, 0.2) is 24.3 Å². The zero-order valence-corrected chi connectivity index (χ0v) is 12.3. The van der Waals surface area contributed by atoms with Crippen LogP contribution in [0.3, 0.4) is 0 Å². The van der Waals surface area contributed by atoms with Crippen molar-refractivity contribution in [3.05, 3.63) is 30.1 Å². The summed E-state index contributed by atoms with van der Waals surface area (Å²) in [5, 5.41) is 0. The lowest BCUT2D eigenvalue weighted by atomic mass is 9.95. The van der Waals surface area contributed by atoms with Crippen molar-refractivity contribution in [1.82, 2.24) is 4.90 Å². The zero-order chi connectivity index (χ0) is 15.1. The molecule has 0 spiro atoms. The largest absolute Gasteiger partial charge is 0.329 e. The molecule has 2 fully saturated rings. The fraction of sp³-hybridized carbons (Fsp3) is 0.500. The number of carbonyl (C=O) groups is 2. The maximum atomic E-state index is 13.5. The quantitative estimate of drug-likeness (QED) is 0.837. The van der Waals surface area contributed by atoms with Crippen molar-refractivity contribution in [2.45, 2.75) is 38.8 Å². The Morgan fingerprint density at radius 3 is 2.67 bits per heavy atom. The number of halogens is 1. The first-order chi connectivity index (χ1) is 10.0. The number of nitrogens with zero attached hydrogens (tertiary/aromatic N) is 2. The van der Waals surface area contributed by atoms with E-state index in [1.54, 1.807) is 17.0 Å². The van der Waals surface area contributed by atoms with E-state index in [0.717, 1.165) is 6.42 Å². The van der Waals surface area contributed by atoms with Crippen molar-refractivity contribution in [2.24, 2.45) is 5.92 Å². The van der Waals surface area contributed by atoms with Gasteiger partial charge in [-0.15, -0.1) is 0 Å². The van der Waals surface area contributed by atoms with Crippen LogP contribution >= 0.6 is 0 Å². The monoisotopic (exact) mass is 290 g/mol. The van der Waals surface area contributed by atoms with Crippen LogP contribution in [-0.2, 0) is 9.59 Å². The molecule has 2 atom stereocenters. The molecule has 5 heteroatoms. The summed E-state index contributed by atoms with van der Waals surface area (Å²) in [6, 6.07) is 5.00. The second-order valence-electron chi connectivity index (χ2n) is 6.07. The van der Waals surface area contributed by atoms with Crippen molar-refractivity contribution in [1.29, 1.82) is 0 Å². The molecule has 112 valence electrons. The first-order valence-electron chi connectivity index (χ1n) is 7.40. The first kappa shape index (κ1) is 14.0. The Balaban J connectivity index is 2.06. The van der Waals surface area contributed by atoms with Crippen LogP contribution in [0, 0.1) is 11.7 Å². The summed E-state index contributed by atoms with van der Waals surface area (Å²) in [7, 11) is 0. The summed E-state index contributed by atoms with van der Waals surface area (Å²) in [6.45, 7) is 4.48. The third kappa shape index (κ3) is 2.20. The number of fused-ring (bicyclic) bond motifs is 1. The van der Waals surface area contributed by atoms with E-state index in [9.17, 15) is 14.0 Å². The standard InChI is InChI=1S/C16H19FN2O2/c1-10(2)14-16(21)18-8-4-7-13(18)15(20)19(14)12-6-3-5-11(17)9-12/h3,5-6,9-10,13-14H,4,7-8H2,1-2H3. The SMILES string of the molecule is CC(C)C1C(=O)N2CCCC2C(=O)N1c1cccc(F)c1. The molecule has 2 unspecified atom stereocenters. The average molecular weight is 290 g/mol. The van der Waals surface area contributed by atoms with E-state index in [4.69, 9.17) is 0 Å². The predicted molar refractivity (Wildman–Crippen MR) is 77.2 cm³/mol. The summed E-state index contributed by atoms with van der Waals surface area (Å²) >= 11 is 0. The number of carbonyl (C=O) groups excluding carboxylic acids is 2. The highest BCUT2D eigenvalue weighted by Crippen LogP contribution is 2.33. The van der Waals surface area contributed by atoms with E-state index in [1.807, 2.05) is 13.8 Å². The predicted octanol–water partition coefficient (Wildman–Crippen LogP) is 2.19. The summed E-state index contributed by atoms with van der Waals surface area (Å²) in [5.74, 6) is -0.525. The van der Waals surface area contributed by atoms with Gasteiger partial charge in [-0.25, -0.2) is 4.39 Å². The molecule has 2 heterocycles. The molecule has 2 amide bonds. The molecule has 2 aliphatic rings. The third-order valence-electron chi connectivity index (χ3n) is 4.31. The van der Waals surface area contributed by atoms with Crippen LogP contribution in [0.5, 0.6) is 0 Å². The fourth-order valence-corrected chi connectivity index (χ4v) is 3.36. The molecule has 0 saturated carbocycles. The van der Waals surface area contributed by atoms with E-state index in [0.29, 0.717) is 18.7 Å². The van der Waals surface area contributed by atoms with Crippen molar-refractivity contribution >= 4 is 17.5 Å². The van der Waals surface area contributed by atoms with Gasteiger partial charge in [-0.2, -0.15) is 0 Å². The molecule has 2 saturated heterocycles. The van der Waals surface area contributed by atoms with Gasteiger partial charge in [0.25, 0.3) is 5.91 Å². The van der Waals surface area contributed by atoms with Gasteiger partial charge in [0.2, 0.25) is 5.91 Å². The topological polar surface area (TPSA) is 40.6 Å². The third-order valence-corrected chi connectivity index (χ3v) is 4.31. The molecule has 0 N–H and O–H groups in total. The molecule has 4 nitrogen and oxygen atoms in total. The maximum absolute atomic E-state index is 13.5. The van der Waals surface area contributed by atoms with E-state index < -0.39 is 11.9 Å². The Kier molecular flexibility index (Phi) is 3.43. The Morgan fingerprint density at radius 1 is 1.24 bits per heavy atom. The van der Waals surface area contributed by atoms with Gasteiger partial charge >= 0.3 is 0 Å². The lowest BCUT2D eigenvalue weighted by Crippen LogP contribution is -2.64. The van der Waals surface area contributed by atoms with Crippen LogP contribution in [0.2, 0.25) is 0 Å². The molecule has 2 aliphatic heterocycles. The van der Waals surface area contributed by atoms with Gasteiger partial charge in [-0.05, 0) is 37.0 Å². The Hall–Kier alpha value is -1.91. The van der Waals surface area contributed by atoms with Gasteiger partial charge in [0.1, 0.15) is 17.9 Å². The number of amides is 2. The highest BCUT2D eigenvalue weighted by Gasteiger charge is 2.49. The minimum absolute atomic E-state index is 0.0173. The molecule has 21 heavy (non-hydrogen) atoms. The number of hydrogen-bond acceptors (Lipinski definition) is 2. The highest BCUT2D eigenvalue weighted by molar-refractivity contribution is 6.08. The number of benzene rings is 1. The van der Waals surface area contributed by atoms with Gasteiger partial charge in [-0.1, -0.05) is 19.9 Å². The fourth-order valence-electron chi connectivity index (χ4n) is 3.36. The molecule has 3 rings (SSSR count). The second-order valence-corrected chi connectivity index (χ2v) is 6.07.